The molecule has 2 aromatic rings. The molecule has 1 aliphatic carbocycles. The first-order valence-electron chi connectivity index (χ1n) is 8.74. The predicted molar refractivity (Wildman–Crippen MR) is 106 cm³/mol. The fraction of sp³-hybridized carbons (Fsp3) is 0.130. The molecule has 0 bridgehead atoms. The van der Waals surface area contributed by atoms with Gasteiger partial charge in [-0.25, -0.2) is 19.7 Å². The van der Waals surface area contributed by atoms with Crippen LogP contribution in [-0.4, -0.2) is 25.2 Å². The second kappa shape index (κ2) is 8.24. The van der Waals surface area contributed by atoms with Crippen LogP contribution < -0.4 is 0 Å². The second-order valence-electron chi connectivity index (χ2n) is 6.27. The van der Waals surface area contributed by atoms with Gasteiger partial charge in [0.2, 0.25) is 0 Å². The van der Waals surface area contributed by atoms with E-state index in [2.05, 4.69) is 11.4 Å². The van der Waals surface area contributed by atoms with Crippen LogP contribution in [0.25, 0.3) is 21.5 Å². The topological polar surface area (TPSA) is 80.8 Å². The molecule has 0 saturated heterocycles. The molecule has 3 rings (SSSR count). The fourth-order valence-electron chi connectivity index (χ4n) is 3.15. The largest absolute Gasteiger partial charge is 0.459 e. The van der Waals surface area contributed by atoms with Gasteiger partial charge >= 0.3 is 11.9 Å². The zero-order valence-corrected chi connectivity index (χ0v) is 15.7. The van der Waals surface area contributed by atoms with Crippen molar-refractivity contribution in [1.82, 2.24) is 0 Å². The molecule has 0 aliphatic heterocycles. The normalized spacial score (nSPS) is 12.7. The SMILES string of the molecule is [C-]#[N+]/C(C#N)=C1\c2ccccc2-c2c(C(=O)OCCOC(=O)C(=C)C)cccc21. The Morgan fingerprint density at radius 3 is 2.38 bits per heavy atom. The minimum absolute atomic E-state index is 0.0339. The van der Waals surface area contributed by atoms with Gasteiger partial charge in [-0.05, 0) is 29.7 Å². The van der Waals surface area contributed by atoms with Crippen molar-refractivity contribution in [1.29, 1.82) is 5.26 Å². The van der Waals surface area contributed by atoms with Crippen molar-refractivity contribution in [2.24, 2.45) is 0 Å². The monoisotopic (exact) mass is 384 g/mol. The van der Waals surface area contributed by atoms with Crippen LogP contribution in [0.4, 0.5) is 0 Å². The van der Waals surface area contributed by atoms with E-state index in [9.17, 15) is 14.9 Å². The van der Waals surface area contributed by atoms with E-state index in [0.717, 1.165) is 11.1 Å². The van der Waals surface area contributed by atoms with E-state index in [-0.39, 0.29) is 24.5 Å². The maximum atomic E-state index is 12.7. The summed E-state index contributed by atoms with van der Waals surface area (Å²) < 4.78 is 10.2. The third-order valence-electron chi connectivity index (χ3n) is 4.37. The predicted octanol–water partition coefficient (Wildman–Crippen LogP) is 4.15. The molecule has 0 N–H and O–H groups in total. The lowest BCUT2D eigenvalue weighted by molar-refractivity contribution is -0.140. The highest BCUT2D eigenvalue weighted by molar-refractivity contribution is 6.10. The van der Waals surface area contributed by atoms with Crippen molar-refractivity contribution in [3.63, 3.8) is 0 Å². The number of hydrogen-bond donors (Lipinski definition) is 0. The summed E-state index contributed by atoms with van der Waals surface area (Å²) in [7, 11) is 0. The van der Waals surface area contributed by atoms with Crippen molar-refractivity contribution in [2.75, 3.05) is 13.2 Å². The van der Waals surface area contributed by atoms with Crippen LogP contribution in [-0.2, 0) is 14.3 Å². The van der Waals surface area contributed by atoms with Gasteiger partial charge in [-0.15, -0.1) is 0 Å². The van der Waals surface area contributed by atoms with Crippen LogP contribution >= 0.6 is 0 Å². The summed E-state index contributed by atoms with van der Waals surface area (Å²) in [6.07, 6.45) is 0. The Bertz CT molecular complexity index is 1130. The molecular weight excluding hydrogens is 368 g/mol. The van der Waals surface area contributed by atoms with Gasteiger partial charge < -0.3 is 9.47 Å². The standard InChI is InChI=1S/C23H16N2O4/c1-14(2)22(26)28-11-12-29-23(27)18-10-6-9-17-20(18)15-7-4-5-8-16(15)21(17)19(13-24)25-3/h4-10H,1,11-12H2,2H3/b21-19+. The molecule has 6 nitrogen and oxygen atoms in total. The van der Waals surface area contributed by atoms with Gasteiger partial charge in [-0.2, -0.15) is 0 Å². The Labute approximate surface area is 168 Å². The minimum Gasteiger partial charge on any atom is -0.459 e. The molecule has 29 heavy (non-hydrogen) atoms. The summed E-state index contributed by atoms with van der Waals surface area (Å²) >= 11 is 0. The number of rotatable bonds is 5. The van der Waals surface area contributed by atoms with E-state index in [0.29, 0.717) is 22.3 Å². The Morgan fingerprint density at radius 2 is 1.72 bits per heavy atom. The van der Waals surface area contributed by atoms with Crippen LogP contribution in [0.1, 0.15) is 28.4 Å². The Kier molecular flexibility index (Phi) is 5.57. The van der Waals surface area contributed by atoms with Gasteiger partial charge in [0, 0.05) is 16.7 Å². The van der Waals surface area contributed by atoms with Crippen molar-refractivity contribution in [3.8, 4) is 17.2 Å². The first kappa shape index (κ1) is 19.6. The molecule has 0 atom stereocenters. The molecule has 1 aliphatic rings. The number of carbonyl (C=O) groups is 2. The Balaban J connectivity index is 1.94. The lowest BCUT2D eigenvalue weighted by atomic mass is 9.99. The average Bonchev–Trinajstić information content (AvgIpc) is 3.06. The molecule has 0 unspecified atom stereocenters. The number of fused-ring (bicyclic) bond motifs is 3. The summed E-state index contributed by atoms with van der Waals surface area (Å²) in [6, 6.07) is 14.3. The number of esters is 2. The van der Waals surface area contributed by atoms with Gasteiger partial charge in [0.05, 0.1) is 18.2 Å². The lowest BCUT2D eigenvalue weighted by Gasteiger charge is -2.10. The summed E-state index contributed by atoms with van der Waals surface area (Å²) in [5, 5.41) is 9.38. The summed E-state index contributed by atoms with van der Waals surface area (Å²) in [4.78, 5) is 27.4. The summed E-state index contributed by atoms with van der Waals surface area (Å²) in [5.74, 6) is -1.13. The highest BCUT2D eigenvalue weighted by Gasteiger charge is 2.30. The molecule has 6 heteroatoms. The van der Waals surface area contributed by atoms with Crippen LogP contribution in [0.3, 0.4) is 0 Å². The van der Waals surface area contributed by atoms with Crippen molar-refractivity contribution in [2.45, 2.75) is 6.92 Å². The van der Waals surface area contributed by atoms with Crippen molar-refractivity contribution >= 4 is 17.5 Å². The number of nitrogens with zero attached hydrogens (tertiary/aromatic N) is 2. The maximum absolute atomic E-state index is 12.7. The highest BCUT2D eigenvalue weighted by Crippen LogP contribution is 2.47. The number of carbonyl (C=O) groups excluding carboxylic acids is 2. The first-order chi connectivity index (χ1) is 14.0. The maximum Gasteiger partial charge on any atom is 0.338 e. The molecule has 0 aromatic heterocycles. The van der Waals surface area contributed by atoms with E-state index in [1.54, 1.807) is 18.2 Å². The van der Waals surface area contributed by atoms with Crippen LogP contribution in [0.2, 0.25) is 0 Å². The van der Waals surface area contributed by atoms with Crippen LogP contribution in [0, 0.1) is 17.9 Å². The average molecular weight is 384 g/mol. The molecular formula is C23H16N2O4. The number of allylic oxidation sites excluding steroid dienone is 1. The zero-order valence-electron chi connectivity index (χ0n) is 15.7. The Morgan fingerprint density at radius 1 is 1.07 bits per heavy atom. The molecule has 142 valence electrons. The minimum atomic E-state index is -0.578. The van der Waals surface area contributed by atoms with Gasteiger partial charge in [-0.1, -0.05) is 43.0 Å². The highest BCUT2D eigenvalue weighted by atomic mass is 16.6. The molecule has 0 fully saturated rings. The van der Waals surface area contributed by atoms with Gasteiger partial charge in [0.25, 0.3) is 5.70 Å². The van der Waals surface area contributed by atoms with Crippen molar-refractivity contribution < 1.29 is 19.1 Å². The van der Waals surface area contributed by atoms with E-state index >= 15 is 0 Å². The third kappa shape index (κ3) is 3.65. The van der Waals surface area contributed by atoms with E-state index in [1.165, 1.54) is 6.92 Å². The number of ether oxygens (including phenoxy) is 2. The number of hydrogen-bond acceptors (Lipinski definition) is 5. The van der Waals surface area contributed by atoms with Gasteiger partial charge in [0.15, 0.2) is 0 Å². The van der Waals surface area contributed by atoms with Gasteiger partial charge in [0.1, 0.15) is 13.2 Å². The summed E-state index contributed by atoms with van der Waals surface area (Å²) in [5.41, 5.74) is 3.81. The summed E-state index contributed by atoms with van der Waals surface area (Å²) in [6.45, 7) is 12.2. The zero-order chi connectivity index (χ0) is 21.0. The molecule has 2 aromatic carbocycles. The lowest BCUT2D eigenvalue weighted by Crippen LogP contribution is -2.14. The second-order valence-corrected chi connectivity index (χ2v) is 6.27. The number of nitriles is 1. The third-order valence-corrected chi connectivity index (χ3v) is 4.37. The number of benzene rings is 2. The smallest absolute Gasteiger partial charge is 0.338 e. The molecule has 0 amide bonds. The molecule has 0 spiro atoms. The van der Waals surface area contributed by atoms with E-state index < -0.39 is 11.9 Å². The van der Waals surface area contributed by atoms with Gasteiger partial charge in [-0.3, -0.25) is 0 Å². The Hall–Kier alpha value is -4.16. The van der Waals surface area contributed by atoms with Crippen LogP contribution in [0.15, 0.2) is 60.3 Å². The fourth-order valence-corrected chi connectivity index (χ4v) is 3.15. The molecule has 0 heterocycles. The first-order valence-corrected chi connectivity index (χ1v) is 8.74. The van der Waals surface area contributed by atoms with E-state index in [4.69, 9.17) is 16.0 Å². The van der Waals surface area contributed by atoms with Crippen molar-refractivity contribution in [3.05, 3.63) is 88.4 Å². The molecule has 0 radical (unpaired) electrons. The molecule has 0 saturated carbocycles. The van der Waals surface area contributed by atoms with Crippen LogP contribution in [0.5, 0.6) is 0 Å². The van der Waals surface area contributed by atoms with E-state index in [1.807, 2.05) is 30.3 Å². The quantitative estimate of drug-likeness (QED) is 0.217.